The maximum atomic E-state index is 12.4. The number of benzene rings is 2. The molecule has 2 amide bonds. The lowest BCUT2D eigenvalue weighted by Gasteiger charge is -2.16. The van der Waals surface area contributed by atoms with Crippen molar-refractivity contribution in [3.8, 4) is 17.2 Å². The molecule has 0 bridgehead atoms. The van der Waals surface area contributed by atoms with Crippen LogP contribution >= 0.6 is 23.2 Å². The van der Waals surface area contributed by atoms with Crippen molar-refractivity contribution in [1.82, 2.24) is 10.6 Å². The molecule has 2 rings (SSSR count). The van der Waals surface area contributed by atoms with Crippen molar-refractivity contribution in [2.24, 2.45) is 0 Å². The summed E-state index contributed by atoms with van der Waals surface area (Å²) in [5.41, 5.74) is 0.794. The number of amides is 2. The van der Waals surface area contributed by atoms with Crippen LogP contribution in [0.3, 0.4) is 0 Å². The van der Waals surface area contributed by atoms with E-state index in [1.54, 1.807) is 43.3 Å². The number of nitrogens with one attached hydrogen (secondary N) is 2. The number of rotatable bonds is 10. The Balaban J connectivity index is 1.92. The third-order valence-electron chi connectivity index (χ3n) is 3.99. The second kappa shape index (κ2) is 11.5. The fraction of sp³-hybridized carbons (Fsp3) is 0.333. The number of hydrogen-bond acceptors (Lipinski definition) is 5. The SMILES string of the molecule is CCNC(=O)COc1ccc(CNC(=O)C(C)Oc2ccc(Cl)cc2Cl)cc1OC. The molecule has 162 valence electrons. The van der Waals surface area contributed by atoms with Gasteiger partial charge in [0.15, 0.2) is 24.2 Å². The van der Waals surface area contributed by atoms with Crippen molar-refractivity contribution in [2.45, 2.75) is 26.5 Å². The Bertz CT molecular complexity index is 892. The second-order valence-electron chi connectivity index (χ2n) is 6.28. The molecule has 1 atom stereocenters. The molecule has 0 aliphatic rings. The number of likely N-dealkylation sites (N-methyl/N-ethyl adjacent to an activating group) is 1. The highest BCUT2D eigenvalue weighted by Gasteiger charge is 2.16. The molecule has 2 aromatic rings. The number of carbonyl (C=O) groups is 2. The van der Waals surface area contributed by atoms with Crippen LogP contribution in [0.4, 0.5) is 0 Å². The van der Waals surface area contributed by atoms with Crippen LogP contribution in [-0.2, 0) is 16.1 Å². The monoisotopic (exact) mass is 454 g/mol. The Labute approximate surface area is 185 Å². The first-order chi connectivity index (χ1) is 14.3. The Morgan fingerprint density at radius 1 is 1.03 bits per heavy atom. The van der Waals surface area contributed by atoms with Crippen molar-refractivity contribution >= 4 is 35.0 Å². The van der Waals surface area contributed by atoms with Crippen LogP contribution in [0.5, 0.6) is 17.2 Å². The van der Waals surface area contributed by atoms with Crippen LogP contribution in [0.1, 0.15) is 19.4 Å². The normalized spacial score (nSPS) is 11.4. The predicted octanol–water partition coefficient (Wildman–Crippen LogP) is 3.60. The summed E-state index contributed by atoms with van der Waals surface area (Å²) in [6.07, 6.45) is -0.759. The average Bonchev–Trinajstić information content (AvgIpc) is 2.72. The first-order valence-corrected chi connectivity index (χ1v) is 10.1. The minimum absolute atomic E-state index is 0.109. The van der Waals surface area contributed by atoms with E-state index in [1.807, 2.05) is 6.92 Å². The smallest absolute Gasteiger partial charge is 0.261 e. The molecule has 0 aliphatic heterocycles. The van der Waals surface area contributed by atoms with Gasteiger partial charge in [-0.05, 0) is 49.7 Å². The molecule has 0 saturated heterocycles. The topological polar surface area (TPSA) is 85.9 Å². The number of hydrogen-bond donors (Lipinski definition) is 2. The first-order valence-electron chi connectivity index (χ1n) is 9.29. The quantitative estimate of drug-likeness (QED) is 0.572. The van der Waals surface area contributed by atoms with E-state index in [0.29, 0.717) is 33.8 Å². The van der Waals surface area contributed by atoms with Gasteiger partial charge in [-0.15, -0.1) is 0 Å². The summed E-state index contributed by atoms with van der Waals surface area (Å²) < 4.78 is 16.4. The van der Waals surface area contributed by atoms with Gasteiger partial charge in [0.2, 0.25) is 0 Å². The lowest BCUT2D eigenvalue weighted by atomic mass is 10.2. The fourth-order valence-corrected chi connectivity index (χ4v) is 2.93. The highest BCUT2D eigenvalue weighted by atomic mass is 35.5. The second-order valence-corrected chi connectivity index (χ2v) is 7.12. The van der Waals surface area contributed by atoms with Gasteiger partial charge in [-0.3, -0.25) is 9.59 Å². The summed E-state index contributed by atoms with van der Waals surface area (Å²) >= 11 is 11.9. The summed E-state index contributed by atoms with van der Waals surface area (Å²) in [6.45, 7) is 4.14. The summed E-state index contributed by atoms with van der Waals surface area (Å²) in [7, 11) is 1.50. The lowest BCUT2D eigenvalue weighted by Crippen LogP contribution is -2.35. The molecule has 30 heavy (non-hydrogen) atoms. The molecular weight excluding hydrogens is 431 g/mol. The molecule has 0 fully saturated rings. The molecule has 0 heterocycles. The maximum Gasteiger partial charge on any atom is 0.261 e. The van der Waals surface area contributed by atoms with E-state index in [9.17, 15) is 9.59 Å². The summed E-state index contributed by atoms with van der Waals surface area (Å²) in [4.78, 5) is 23.9. The van der Waals surface area contributed by atoms with Gasteiger partial charge in [0.1, 0.15) is 5.75 Å². The zero-order valence-electron chi connectivity index (χ0n) is 17.0. The van der Waals surface area contributed by atoms with Crippen molar-refractivity contribution in [2.75, 3.05) is 20.3 Å². The largest absolute Gasteiger partial charge is 0.493 e. The molecule has 2 aromatic carbocycles. The van der Waals surface area contributed by atoms with E-state index in [2.05, 4.69) is 10.6 Å². The van der Waals surface area contributed by atoms with Crippen molar-refractivity contribution in [3.05, 3.63) is 52.0 Å². The van der Waals surface area contributed by atoms with Gasteiger partial charge >= 0.3 is 0 Å². The number of ether oxygens (including phenoxy) is 3. The Morgan fingerprint density at radius 2 is 1.77 bits per heavy atom. The van der Waals surface area contributed by atoms with Gasteiger partial charge in [0.05, 0.1) is 12.1 Å². The van der Waals surface area contributed by atoms with Crippen molar-refractivity contribution < 1.29 is 23.8 Å². The third kappa shape index (κ3) is 7.00. The van der Waals surface area contributed by atoms with Gasteiger partial charge in [-0.1, -0.05) is 29.3 Å². The standard InChI is InChI=1S/C21H24Cl2N2O5/c1-4-24-20(26)12-29-18-7-5-14(9-19(18)28-3)11-25-21(27)13(2)30-17-8-6-15(22)10-16(17)23/h5-10,13H,4,11-12H2,1-3H3,(H,24,26)(H,25,27). The average molecular weight is 455 g/mol. The first kappa shape index (κ1) is 23.6. The molecular formula is C21H24Cl2N2O5. The van der Waals surface area contributed by atoms with Crippen LogP contribution in [0.25, 0.3) is 0 Å². The van der Waals surface area contributed by atoms with Crippen molar-refractivity contribution in [3.63, 3.8) is 0 Å². The van der Waals surface area contributed by atoms with Crippen LogP contribution in [0.15, 0.2) is 36.4 Å². The fourth-order valence-electron chi connectivity index (χ4n) is 2.48. The lowest BCUT2D eigenvalue weighted by molar-refractivity contribution is -0.127. The molecule has 0 saturated carbocycles. The van der Waals surface area contributed by atoms with E-state index < -0.39 is 6.10 Å². The molecule has 2 N–H and O–H groups in total. The van der Waals surface area contributed by atoms with E-state index in [-0.39, 0.29) is 25.0 Å². The van der Waals surface area contributed by atoms with Crippen LogP contribution in [0.2, 0.25) is 10.0 Å². The number of halogens is 2. The minimum Gasteiger partial charge on any atom is -0.493 e. The molecule has 0 radical (unpaired) electrons. The van der Waals surface area contributed by atoms with E-state index in [0.717, 1.165) is 5.56 Å². The molecule has 9 heteroatoms. The van der Waals surface area contributed by atoms with Crippen LogP contribution in [0, 0.1) is 0 Å². The zero-order valence-corrected chi connectivity index (χ0v) is 18.5. The van der Waals surface area contributed by atoms with Gasteiger partial charge in [0.25, 0.3) is 11.8 Å². The number of carbonyl (C=O) groups excluding carboxylic acids is 2. The summed E-state index contributed by atoms with van der Waals surface area (Å²) in [5, 5.41) is 6.26. The van der Waals surface area contributed by atoms with Gasteiger partial charge in [0, 0.05) is 18.1 Å². The molecule has 1 unspecified atom stereocenters. The molecule has 0 spiro atoms. The predicted molar refractivity (Wildman–Crippen MR) is 116 cm³/mol. The zero-order chi connectivity index (χ0) is 22.1. The Hall–Kier alpha value is -2.64. The third-order valence-corrected chi connectivity index (χ3v) is 4.52. The van der Waals surface area contributed by atoms with Crippen molar-refractivity contribution in [1.29, 1.82) is 0 Å². The van der Waals surface area contributed by atoms with Gasteiger partial charge in [-0.2, -0.15) is 0 Å². The van der Waals surface area contributed by atoms with Gasteiger partial charge < -0.3 is 24.8 Å². The minimum atomic E-state index is -0.759. The maximum absolute atomic E-state index is 12.4. The summed E-state index contributed by atoms with van der Waals surface area (Å²) in [6, 6.07) is 9.98. The molecule has 7 nitrogen and oxygen atoms in total. The van der Waals surface area contributed by atoms with Crippen LogP contribution in [-0.4, -0.2) is 38.2 Å². The molecule has 0 aliphatic carbocycles. The van der Waals surface area contributed by atoms with Gasteiger partial charge in [-0.25, -0.2) is 0 Å². The summed E-state index contributed by atoms with van der Waals surface area (Å²) in [5.74, 6) is 0.748. The highest BCUT2D eigenvalue weighted by Crippen LogP contribution is 2.29. The van der Waals surface area contributed by atoms with E-state index >= 15 is 0 Å². The molecule has 0 aromatic heterocycles. The Kier molecular flexibility index (Phi) is 9.08. The number of methoxy groups -OCH3 is 1. The Morgan fingerprint density at radius 3 is 2.43 bits per heavy atom. The van der Waals surface area contributed by atoms with E-state index in [1.165, 1.54) is 7.11 Å². The highest BCUT2D eigenvalue weighted by molar-refractivity contribution is 6.35. The van der Waals surface area contributed by atoms with Crippen LogP contribution < -0.4 is 24.8 Å². The van der Waals surface area contributed by atoms with E-state index in [4.69, 9.17) is 37.4 Å².